The molecule has 1 aromatic heterocycles. The van der Waals surface area contributed by atoms with Crippen molar-refractivity contribution in [3.8, 4) is 11.5 Å². The van der Waals surface area contributed by atoms with Crippen LogP contribution in [0.15, 0.2) is 24.4 Å². The van der Waals surface area contributed by atoms with Gasteiger partial charge in [0.2, 0.25) is 0 Å². The van der Waals surface area contributed by atoms with Crippen molar-refractivity contribution in [3.63, 3.8) is 0 Å². The van der Waals surface area contributed by atoms with Gasteiger partial charge in [-0.3, -0.25) is 4.68 Å². The molecule has 0 amide bonds. The first-order chi connectivity index (χ1) is 10.1. The van der Waals surface area contributed by atoms with Crippen LogP contribution in [0.25, 0.3) is 0 Å². The highest BCUT2D eigenvalue weighted by Gasteiger charge is 2.21. The Morgan fingerprint density at radius 3 is 2.38 bits per heavy atom. The average molecular weight is 311 g/mol. The third-order valence-corrected chi connectivity index (χ3v) is 3.51. The number of benzene rings is 1. The molecule has 2 aromatic rings. The lowest BCUT2D eigenvalue weighted by atomic mass is 10.1. The molecule has 114 valence electrons. The Balaban J connectivity index is 2.44. The van der Waals surface area contributed by atoms with Gasteiger partial charge in [-0.05, 0) is 24.1 Å². The van der Waals surface area contributed by atoms with Gasteiger partial charge in [0.05, 0.1) is 31.1 Å². The third-order valence-electron chi connectivity index (χ3n) is 3.22. The van der Waals surface area contributed by atoms with E-state index in [-0.39, 0.29) is 0 Å². The highest BCUT2D eigenvalue weighted by atomic mass is 35.5. The topological polar surface area (TPSA) is 56.5 Å². The van der Waals surface area contributed by atoms with Crippen LogP contribution in [0, 0.1) is 0 Å². The Morgan fingerprint density at radius 1 is 1.24 bits per heavy atom. The summed E-state index contributed by atoms with van der Waals surface area (Å²) in [6.07, 6.45) is 1.56. The fraction of sp³-hybridized carbons (Fsp3) is 0.400. The summed E-state index contributed by atoms with van der Waals surface area (Å²) in [4.78, 5) is 0. The quantitative estimate of drug-likeness (QED) is 0.891. The van der Waals surface area contributed by atoms with Gasteiger partial charge in [-0.2, -0.15) is 5.10 Å². The number of rotatable bonds is 6. The standard InChI is InChI=1S/C15H19ClN2O3/c1-4-5-18-14(13(16)9-17-18)15(19)10-6-11(20-2)8-12(7-10)21-3/h6-9,15,19H,4-5H2,1-3H3. The molecule has 1 heterocycles. The smallest absolute Gasteiger partial charge is 0.122 e. The van der Waals surface area contributed by atoms with Gasteiger partial charge < -0.3 is 14.6 Å². The summed E-state index contributed by atoms with van der Waals surface area (Å²) in [5.41, 5.74) is 1.22. The first-order valence-electron chi connectivity index (χ1n) is 6.73. The summed E-state index contributed by atoms with van der Waals surface area (Å²) >= 11 is 6.17. The Labute approximate surface area is 129 Å². The second-order valence-corrected chi connectivity index (χ2v) is 5.06. The number of aryl methyl sites for hydroxylation is 1. The SMILES string of the molecule is CCCn1ncc(Cl)c1C(O)c1cc(OC)cc(OC)c1. The summed E-state index contributed by atoms with van der Waals surface area (Å²) < 4.78 is 12.2. The number of aliphatic hydroxyl groups excluding tert-OH is 1. The van der Waals surface area contributed by atoms with E-state index in [9.17, 15) is 5.11 Å². The van der Waals surface area contributed by atoms with E-state index in [1.165, 1.54) is 0 Å². The van der Waals surface area contributed by atoms with Crippen LogP contribution in [0.1, 0.15) is 30.7 Å². The molecule has 1 atom stereocenters. The summed E-state index contributed by atoms with van der Waals surface area (Å²) in [7, 11) is 3.14. The normalized spacial score (nSPS) is 12.2. The molecule has 1 aromatic carbocycles. The summed E-state index contributed by atoms with van der Waals surface area (Å²) in [6, 6.07) is 5.26. The molecule has 1 unspecified atom stereocenters. The number of nitrogens with zero attached hydrogens (tertiary/aromatic N) is 2. The maximum atomic E-state index is 10.7. The summed E-state index contributed by atoms with van der Waals surface area (Å²) in [5.74, 6) is 1.22. The molecule has 0 saturated carbocycles. The van der Waals surface area contributed by atoms with Gasteiger partial charge in [-0.15, -0.1) is 0 Å². The van der Waals surface area contributed by atoms with Gasteiger partial charge >= 0.3 is 0 Å². The van der Waals surface area contributed by atoms with Crippen molar-refractivity contribution in [2.24, 2.45) is 0 Å². The van der Waals surface area contributed by atoms with Crippen molar-refractivity contribution >= 4 is 11.6 Å². The van der Waals surface area contributed by atoms with Crippen LogP contribution in [0.2, 0.25) is 5.02 Å². The van der Waals surface area contributed by atoms with E-state index in [1.54, 1.807) is 43.3 Å². The minimum absolute atomic E-state index is 0.442. The average Bonchev–Trinajstić information content (AvgIpc) is 2.87. The molecular weight excluding hydrogens is 292 g/mol. The van der Waals surface area contributed by atoms with Crippen LogP contribution in [0.5, 0.6) is 11.5 Å². The lowest BCUT2D eigenvalue weighted by Gasteiger charge is -2.16. The summed E-state index contributed by atoms with van der Waals surface area (Å²) in [6.45, 7) is 2.74. The molecule has 0 bridgehead atoms. The van der Waals surface area contributed by atoms with Gasteiger partial charge in [0, 0.05) is 12.6 Å². The largest absolute Gasteiger partial charge is 0.497 e. The molecule has 0 saturated heterocycles. The number of hydrogen-bond acceptors (Lipinski definition) is 4. The predicted octanol–water partition coefficient (Wildman–Crippen LogP) is 3.05. The second kappa shape index (κ2) is 6.83. The fourth-order valence-electron chi connectivity index (χ4n) is 2.18. The molecule has 0 aliphatic heterocycles. The zero-order valence-electron chi connectivity index (χ0n) is 12.3. The van der Waals surface area contributed by atoms with Gasteiger partial charge in [-0.25, -0.2) is 0 Å². The molecule has 0 fully saturated rings. The zero-order chi connectivity index (χ0) is 15.4. The van der Waals surface area contributed by atoms with Crippen molar-refractivity contribution in [3.05, 3.63) is 40.7 Å². The van der Waals surface area contributed by atoms with E-state index in [2.05, 4.69) is 5.10 Å². The molecular formula is C15H19ClN2O3. The lowest BCUT2D eigenvalue weighted by molar-refractivity contribution is 0.206. The number of ether oxygens (including phenoxy) is 2. The van der Waals surface area contributed by atoms with E-state index in [0.29, 0.717) is 34.3 Å². The minimum Gasteiger partial charge on any atom is -0.497 e. The predicted molar refractivity (Wildman–Crippen MR) is 81.1 cm³/mol. The molecule has 5 nitrogen and oxygen atoms in total. The number of halogens is 1. The molecule has 6 heteroatoms. The number of methoxy groups -OCH3 is 2. The zero-order valence-corrected chi connectivity index (χ0v) is 13.1. The minimum atomic E-state index is -0.893. The highest BCUT2D eigenvalue weighted by molar-refractivity contribution is 6.31. The van der Waals surface area contributed by atoms with Gasteiger partial charge in [0.15, 0.2) is 0 Å². The van der Waals surface area contributed by atoms with Gasteiger partial charge in [-0.1, -0.05) is 18.5 Å². The van der Waals surface area contributed by atoms with E-state index in [1.807, 2.05) is 6.92 Å². The molecule has 0 aliphatic carbocycles. The maximum absolute atomic E-state index is 10.7. The Morgan fingerprint density at radius 2 is 1.86 bits per heavy atom. The van der Waals surface area contributed by atoms with Crippen LogP contribution in [-0.4, -0.2) is 29.1 Å². The Hall–Kier alpha value is -1.72. The number of aliphatic hydroxyl groups is 1. The van der Waals surface area contributed by atoms with Crippen molar-refractivity contribution in [1.29, 1.82) is 0 Å². The van der Waals surface area contributed by atoms with Gasteiger partial charge in [0.25, 0.3) is 0 Å². The first-order valence-corrected chi connectivity index (χ1v) is 7.10. The van der Waals surface area contributed by atoms with Crippen molar-refractivity contribution in [2.75, 3.05) is 14.2 Å². The lowest BCUT2D eigenvalue weighted by Crippen LogP contribution is -2.11. The second-order valence-electron chi connectivity index (χ2n) is 4.65. The van der Waals surface area contributed by atoms with Crippen LogP contribution < -0.4 is 9.47 Å². The molecule has 21 heavy (non-hydrogen) atoms. The number of aromatic nitrogens is 2. The molecule has 2 rings (SSSR count). The Kier molecular flexibility index (Phi) is 5.09. The van der Waals surface area contributed by atoms with Crippen LogP contribution in [0.3, 0.4) is 0 Å². The highest BCUT2D eigenvalue weighted by Crippen LogP contribution is 2.33. The molecule has 0 spiro atoms. The molecule has 0 aliphatic rings. The van der Waals surface area contributed by atoms with E-state index < -0.39 is 6.10 Å². The van der Waals surface area contributed by atoms with Gasteiger partial charge in [0.1, 0.15) is 17.6 Å². The maximum Gasteiger partial charge on any atom is 0.122 e. The van der Waals surface area contributed by atoms with Crippen LogP contribution in [-0.2, 0) is 6.54 Å². The van der Waals surface area contributed by atoms with Crippen LogP contribution >= 0.6 is 11.6 Å². The van der Waals surface area contributed by atoms with Crippen molar-refractivity contribution in [1.82, 2.24) is 9.78 Å². The fourth-order valence-corrected chi connectivity index (χ4v) is 2.42. The first kappa shape index (κ1) is 15.7. The number of hydrogen-bond donors (Lipinski definition) is 1. The van der Waals surface area contributed by atoms with E-state index in [0.717, 1.165) is 6.42 Å². The van der Waals surface area contributed by atoms with E-state index >= 15 is 0 Å². The van der Waals surface area contributed by atoms with Crippen molar-refractivity contribution < 1.29 is 14.6 Å². The molecule has 1 N–H and O–H groups in total. The van der Waals surface area contributed by atoms with Crippen molar-refractivity contribution in [2.45, 2.75) is 26.0 Å². The third kappa shape index (κ3) is 3.31. The molecule has 0 radical (unpaired) electrons. The summed E-state index contributed by atoms with van der Waals surface area (Å²) in [5, 5.41) is 15.3. The van der Waals surface area contributed by atoms with Crippen LogP contribution in [0.4, 0.5) is 0 Å². The Bertz CT molecular complexity index is 591. The van der Waals surface area contributed by atoms with E-state index in [4.69, 9.17) is 21.1 Å². The monoisotopic (exact) mass is 310 g/mol.